The number of carbonyl (C=O) groups is 1. The number of amides is 1. The van der Waals surface area contributed by atoms with E-state index in [0.29, 0.717) is 30.9 Å². The number of hydrogen-bond donors (Lipinski definition) is 2. The minimum Gasteiger partial charge on any atom is -0.444 e. The highest BCUT2D eigenvalue weighted by Gasteiger charge is 2.32. The number of likely N-dealkylation sites (tertiary alicyclic amines) is 1. The minimum absolute atomic E-state index is 0.230. The number of hydrogen-bond acceptors (Lipinski definition) is 4. The molecule has 3 N–H and O–H groups in total. The van der Waals surface area contributed by atoms with Crippen molar-refractivity contribution < 1.29 is 9.53 Å². The summed E-state index contributed by atoms with van der Waals surface area (Å²) in [6.07, 6.45) is 2.45. The number of nitrogen functional groups attached to an aromatic ring is 1. The van der Waals surface area contributed by atoms with Crippen molar-refractivity contribution in [3.8, 4) is 0 Å². The molecular weight excluding hydrogens is 256 g/mol. The minimum atomic E-state index is -0.449. The van der Waals surface area contributed by atoms with Gasteiger partial charge in [-0.1, -0.05) is 6.92 Å². The number of anilines is 1. The number of aromatic nitrogens is 2. The van der Waals surface area contributed by atoms with E-state index in [1.54, 1.807) is 11.1 Å². The van der Waals surface area contributed by atoms with Gasteiger partial charge in [0.25, 0.3) is 0 Å². The number of nitrogens with one attached hydrogen (secondary N) is 1. The number of piperidine rings is 1. The standard InChI is InChI=1S/C14H24N4O2/c1-9-8-18(13(19)20-14(2,3)4)6-5-10(9)11-7-16-12(15)17-11/h7,9-10H,5-6,8H2,1-4H3,(H3,15,16,17). The van der Waals surface area contributed by atoms with Crippen LogP contribution in [-0.4, -0.2) is 39.7 Å². The molecule has 1 saturated heterocycles. The second kappa shape index (κ2) is 5.34. The lowest BCUT2D eigenvalue weighted by molar-refractivity contribution is 0.0154. The molecule has 1 aromatic rings. The quantitative estimate of drug-likeness (QED) is 0.827. The molecule has 1 aliphatic heterocycles. The SMILES string of the molecule is CC1CN(C(=O)OC(C)(C)C)CCC1c1cnc(N)[nH]1. The monoisotopic (exact) mass is 280 g/mol. The number of aromatic amines is 1. The Balaban J connectivity index is 1.97. The van der Waals surface area contributed by atoms with Gasteiger partial charge in [0.2, 0.25) is 0 Å². The van der Waals surface area contributed by atoms with Crippen molar-refractivity contribution in [2.24, 2.45) is 5.92 Å². The van der Waals surface area contributed by atoms with E-state index in [9.17, 15) is 4.79 Å². The number of imidazole rings is 1. The van der Waals surface area contributed by atoms with Crippen LogP contribution in [0.2, 0.25) is 0 Å². The highest BCUT2D eigenvalue weighted by molar-refractivity contribution is 5.68. The highest BCUT2D eigenvalue weighted by atomic mass is 16.6. The van der Waals surface area contributed by atoms with Crippen molar-refractivity contribution in [2.75, 3.05) is 18.8 Å². The lowest BCUT2D eigenvalue weighted by Gasteiger charge is -2.37. The van der Waals surface area contributed by atoms with Gasteiger partial charge in [-0.25, -0.2) is 9.78 Å². The molecule has 2 unspecified atom stereocenters. The van der Waals surface area contributed by atoms with Crippen molar-refractivity contribution in [1.82, 2.24) is 14.9 Å². The number of carbonyl (C=O) groups excluding carboxylic acids is 1. The zero-order valence-corrected chi connectivity index (χ0v) is 12.6. The second-order valence-corrected chi connectivity index (χ2v) is 6.52. The molecule has 2 heterocycles. The molecule has 0 spiro atoms. The maximum absolute atomic E-state index is 12.1. The number of nitrogens with two attached hydrogens (primary N) is 1. The van der Waals surface area contributed by atoms with Gasteiger partial charge in [-0.2, -0.15) is 0 Å². The summed E-state index contributed by atoms with van der Waals surface area (Å²) >= 11 is 0. The predicted octanol–water partition coefficient (Wildman–Crippen LogP) is 2.35. The Labute approximate surface area is 119 Å². The summed E-state index contributed by atoms with van der Waals surface area (Å²) in [6.45, 7) is 9.18. The van der Waals surface area contributed by atoms with Gasteiger partial charge in [-0.15, -0.1) is 0 Å². The normalized spacial score (nSPS) is 23.7. The van der Waals surface area contributed by atoms with E-state index in [4.69, 9.17) is 10.5 Å². The summed E-state index contributed by atoms with van der Waals surface area (Å²) in [5.74, 6) is 1.15. The topological polar surface area (TPSA) is 84.2 Å². The fourth-order valence-electron chi connectivity index (χ4n) is 2.64. The van der Waals surface area contributed by atoms with Crippen LogP contribution in [0.5, 0.6) is 0 Å². The fourth-order valence-corrected chi connectivity index (χ4v) is 2.64. The molecule has 6 heteroatoms. The van der Waals surface area contributed by atoms with E-state index in [-0.39, 0.29) is 6.09 Å². The van der Waals surface area contributed by atoms with Gasteiger partial charge in [-0.3, -0.25) is 0 Å². The van der Waals surface area contributed by atoms with Crippen LogP contribution >= 0.6 is 0 Å². The summed E-state index contributed by atoms with van der Waals surface area (Å²) < 4.78 is 5.42. The number of rotatable bonds is 1. The van der Waals surface area contributed by atoms with Crippen molar-refractivity contribution in [1.29, 1.82) is 0 Å². The maximum Gasteiger partial charge on any atom is 0.410 e. The van der Waals surface area contributed by atoms with E-state index < -0.39 is 5.60 Å². The smallest absolute Gasteiger partial charge is 0.410 e. The van der Waals surface area contributed by atoms with Gasteiger partial charge in [0, 0.05) is 24.7 Å². The first-order valence-electron chi connectivity index (χ1n) is 7.04. The third kappa shape index (κ3) is 3.43. The molecule has 112 valence electrons. The molecule has 2 rings (SSSR count). The van der Waals surface area contributed by atoms with E-state index in [0.717, 1.165) is 12.1 Å². The van der Waals surface area contributed by atoms with Crippen LogP contribution in [0.4, 0.5) is 10.7 Å². The molecule has 1 amide bonds. The second-order valence-electron chi connectivity index (χ2n) is 6.52. The summed E-state index contributed by atoms with van der Waals surface area (Å²) in [7, 11) is 0. The highest BCUT2D eigenvalue weighted by Crippen LogP contribution is 2.32. The van der Waals surface area contributed by atoms with Crippen molar-refractivity contribution in [2.45, 2.75) is 45.6 Å². The van der Waals surface area contributed by atoms with Gasteiger partial charge in [0.05, 0.1) is 6.20 Å². The van der Waals surface area contributed by atoms with Crippen molar-refractivity contribution in [3.05, 3.63) is 11.9 Å². The average Bonchev–Trinajstić information content (AvgIpc) is 2.73. The molecule has 1 fully saturated rings. The summed E-state index contributed by atoms with van der Waals surface area (Å²) in [5.41, 5.74) is 6.23. The first-order chi connectivity index (χ1) is 9.26. The zero-order chi connectivity index (χ0) is 14.9. The van der Waals surface area contributed by atoms with E-state index in [1.165, 1.54) is 0 Å². The van der Waals surface area contributed by atoms with E-state index in [2.05, 4.69) is 16.9 Å². The Morgan fingerprint density at radius 1 is 1.55 bits per heavy atom. The first-order valence-corrected chi connectivity index (χ1v) is 7.04. The maximum atomic E-state index is 12.1. The molecule has 0 saturated carbocycles. The molecule has 1 aromatic heterocycles. The van der Waals surface area contributed by atoms with Gasteiger partial charge in [-0.05, 0) is 33.1 Å². The van der Waals surface area contributed by atoms with E-state index in [1.807, 2.05) is 20.8 Å². The number of ether oxygens (including phenoxy) is 1. The molecule has 2 atom stereocenters. The van der Waals surface area contributed by atoms with E-state index >= 15 is 0 Å². The molecule has 20 heavy (non-hydrogen) atoms. The number of H-pyrrole nitrogens is 1. The Bertz CT molecular complexity index is 478. The van der Waals surface area contributed by atoms with Crippen LogP contribution in [0.3, 0.4) is 0 Å². The van der Waals surface area contributed by atoms with Crippen LogP contribution < -0.4 is 5.73 Å². The summed E-state index contributed by atoms with van der Waals surface area (Å²) in [5, 5.41) is 0. The van der Waals surface area contributed by atoms with Crippen LogP contribution in [-0.2, 0) is 4.74 Å². The summed E-state index contributed by atoms with van der Waals surface area (Å²) in [4.78, 5) is 21.0. The zero-order valence-electron chi connectivity index (χ0n) is 12.6. The van der Waals surface area contributed by atoms with Crippen molar-refractivity contribution >= 4 is 12.0 Å². The Morgan fingerprint density at radius 2 is 2.25 bits per heavy atom. The average molecular weight is 280 g/mol. The van der Waals surface area contributed by atoms with Gasteiger partial charge in [0.1, 0.15) is 5.60 Å². The third-order valence-electron chi connectivity index (χ3n) is 3.57. The Morgan fingerprint density at radius 3 is 2.75 bits per heavy atom. The van der Waals surface area contributed by atoms with Crippen LogP contribution in [0, 0.1) is 5.92 Å². The Hall–Kier alpha value is -1.72. The molecule has 1 aliphatic rings. The molecule has 0 aliphatic carbocycles. The largest absolute Gasteiger partial charge is 0.444 e. The lowest BCUT2D eigenvalue weighted by Crippen LogP contribution is -2.44. The van der Waals surface area contributed by atoms with Gasteiger partial charge < -0.3 is 20.4 Å². The van der Waals surface area contributed by atoms with Crippen LogP contribution in [0.1, 0.15) is 45.7 Å². The molecule has 6 nitrogen and oxygen atoms in total. The predicted molar refractivity (Wildman–Crippen MR) is 77.3 cm³/mol. The third-order valence-corrected chi connectivity index (χ3v) is 3.57. The van der Waals surface area contributed by atoms with Crippen LogP contribution in [0.25, 0.3) is 0 Å². The number of nitrogens with zero attached hydrogens (tertiary/aromatic N) is 2. The molecule has 0 radical (unpaired) electrons. The molecule has 0 bridgehead atoms. The van der Waals surface area contributed by atoms with Gasteiger partial charge in [0.15, 0.2) is 5.95 Å². The van der Waals surface area contributed by atoms with Gasteiger partial charge >= 0.3 is 6.09 Å². The van der Waals surface area contributed by atoms with Crippen LogP contribution in [0.15, 0.2) is 6.20 Å². The molecular formula is C14H24N4O2. The summed E-state index contributed by atoms with van der Waals surface area (Å²) in [6, 6.07) is 0. The Kier molecular flexibility index (Phi) is 3.92. The van der Waals surface area contributed by atoms with Crippen molar-refractivity contribution in [3.63, 3.8) is 0 Å². The molecule has 0 aromatic carbocycles. The lowest BCUT2D eigenvalue weighted by atomic mass is 9.85. The first kappa shape index (κ1) is 14.7. The fraction of sp³-hybridized carbons (Fsp3) is 0.714.